The lowest BCUT2D eigenvalue weighted by Crippen LogP contribution is -2.72. The van der Waals surface area contributed by atoms with Crippen LogP contribution in [0.5, 0.6) is 0 Å². The number of carbonyl (C=O) groups is 2. The third-order valence-electron chi connectivity index (χ3n) is 7.84. The number of alkyl halides is 1. The van der Waals surface area contributed by atoms with Gasteiger partial charge in [-0.1, -0.05) is 6.58 Å². The molecule has 10 atom stereocenters. The molecule has 1 aliphatic heterocycles. The largest absolute Gasteiger partial charge is 0.380 e. The minimum Gasteiger partial charge on any atom is -0.380 e. The van der Waals surface area contributed by atoms with E-state index in [1.54, 1.807) is 7.11 Å². The molecule has 32 heavy (non-hydrogen) atoms. The Morgan fingerprint density at radius 3 is 2.66 bits per heavy atom. The van der Waals surface area contributed by atoms with Crippen molar-refractivity contribution in [2.75, 3.05) is 13.7 Å². The molecule has 4 rings (SSSR count). The fourth-order valence-corrected chi connectivity index (χ4v) is 6.54. The highest BCUT2D eigenvalue weighted by Gasteiger charge is 2.51. The fraction of sp³-hybridized carbons (Fsp3) is 0.818. The number of amides is 2. The molecule has 10 heteroatoms. The van der Waals surface area contributed by atoms with Crippen LogP contribution in [0.2, 0.25) is 0 Å². The van der Waals surface area contributed by atoms with Crippen LogP contribution in [0.4, 0.5) is 0 Å². The highest BCUT2D eigenvalue weighted by molar-refractivity contribution is 6.21. The molecule has 4 fully saturated rings. The van der Waals surface area contributed by atoms with Crippen molar-refractivity contribution in [1.29, 1.82) is 0 Å². The molecular weight excluding hydrogens is 432 g/mol. The first-order valence-electron chi connectivity index (χ1n) is 11.8. The zero-order valence-corrected chi connectivity index (χ0v) is 19.4. The van der Waals surface area contributed by atoms with Crippen LogP contribution in [-0.4, -0.2) is 67.5 Å². The molecule has 7 N–H and O–H groups in total. The maximum Gasteiger partial charge on any atom is 0.243 e. The van der Waals surface area contributed by atoms with Crippen molar-refractivity contribution in [2.24, 2.45) is 23.5 Å². The van der Waals surface area contributed by atoms with Gasteiger partial charge in [0.2, 0.25) is 11.8 Å². The summed E-state index contributed by atoms with van der Waals surface area (Å²) >= 11 is 6.64. The Morgan fingerprint density at radius 1 is 1.16 bits per heavy atom. The van der Waals surface area contributed by atoms with Crippen LogP contribution in [0, 0.1) is 17.8 Å². The lowest BCUT2D eigenvalue weighted by molar-refractivity contribution is -0.124. The van der Waals surface area contributed by atoms with Gasteiger partial charge < -0.3 is 15.8 Å². The molecule has 3 aliphatic carbocycles. The average Bonchev–Trinajstić information content (AvgIpc) is 3.38. The van der Waals surface area contributed by atoms with Crippen LogP contribution in [0.15, 0.2) is 12.7 Å². The lowest BCUT2D eigenvalue weighted by atomic mass is 9.83. The lowest BCUT2D eigenvalue weighted by Gasteiger charge is -2.43. The van der Waals surface area contributed by atoms with E-state index in [1.165, 1.54) is 6.08 Å². The molecule has 6 unspecified atom stereocenters. The van der Waals surface area contributed by atoms with Gasteiger partial charge in [-0.3, -0.25) is 30.9 Å². The predicted octanol–water partition coefficient (Wildman–Crippen LogP) is -0.286. The Kier molecular flexibility index (Phi) is 7.74. The summed E-state index contributed by atoms with van der Waals surface area (Å²) in [6.07, 6.45) is 6.82. The van der Waals surface area contributed by atoms with E-state index >= 15 is 0 Å². The molecule has 1 heterocycles. The van der Waals surface area contributed by atoms with Gasteiger partial charge in [-0.05, 0) is 56.4 Å². The van der Waals surface area contributed by atoms with Gasteiger partial charge in [0, 0.05) is 31.8 Å². The molecule has 3 saturated carbocycles. The molecule has 0 aromatic rings. The minimum absolute atomic E-state index is 0.0560. The number of rotatable bonds is 8. The number of carbonyl (C=O) groups excluding carboxylic acids is 2. The maximum absolute atomic E-state index is 12.1. The fourth-order valence-electron chi connectivity index (χ4n) is 6.30. The number of nitrogens with one attached hydrogen (secondary N) is 5. The van der Waals surface area contributed by atoms with Gasteiger partial charge in [0.1, 0.15) is 6.29 Å². The Labute approximate surface area is 195 Å². The van der Waals surface area contributed by atoms with Crippen LogP contribution in [0.1, 0.15) is 38.5 Å². The van der Waals surface area contributed by atoms with Crippen molar-refractivity contribution >= 4 is 23.4 Å². The number of nitrogens with two attached hydrogens (primary N) is 1. The summed E-state index contributed by atoms with van der Waals surface area (Å²) < 4.78 is 5.71. The predicted molar refractivity (Wildman–Crippen MR) is 122 cm³/mol. The van der Waals surface area contributed by atoms with Crippen LogP contribution in [0.25, 0.3) is 0 Å². The molecule has 0 spiro atoms. The molecule has 4 aliphatic rings. The Bertz CT molecular complexity index is 711. The third-order valence-corrected chi connectivity index (χ3v) is 8.25. The molecule has 2 bridgehead atoms. The van der Waals surface area contributed by atoms with E-state index in [4.69, 9.17) is 22.1 Å². The maximum atomic E-state index is 12.1. The van der Waals surface area contributed by atoms with E-state index in [2.05, 4.69) is 33.2 Å². The highest BCUT2D eigenvalue weighted by atomic mass is 35.5. The highest BCUT2D eigenvalue weighted by Crippen LogP contribution is 2.48. The second-order valence-corrected chi connectivity index (χ2v) is 10.3. The monoisotopic (exact) mass is 468 g/mol. The zero-order valence-electron chi connectivity index (χ0n) is 18.7. The van der Waals surface area contributed by atoms with Gasteiger partial charge in [0.05, 0.1) is 23.6 Å². The zero-order chi connectivity index (χ0) is 22.8. The Morgan fingerprint density at radius 2 is 1.94 bits per heavy atom. The van der Waals surface area contributed by atoms with E-state index < -0.39 is 0 Å². The number of ether oxygens (including phenoxy) is 1. The molecule has 2 amide bonds. The molecule has 0 radical (unpaired) electrons. The summed E-state index contributed by atoms with van der Waals surface area (Å²) in [7, 11) is 1.72. The van der Waals surface area contributed by atoms with E-state index in [-0.39, 0.29) is 59.8 Å². The summed E-state index contributed by atoms with van der Waals surface area (Å²) in [5.41, 5.74) is 5.75. The second kappa shape index (κ2) is 10.4. The SMILES string of the molecule is C=CC(=O)NC1CCC(OC)C(NC2NCC(Cl)C(N[C@H]3[C@@H]4CC[C@@H](C4)[C@H]3C(N)=O)N2)C1. The Balaban J connectivity index is 1.36. The molecule has 0 aromatic carbocycles. The summed E-state index contributed by atoms with van der Waals surface area (Å²) in [6.45, 7) is 4.15. The number of fused-ring (bicyclic) bond motifs is 2. The summed E-state index contributed by atoms with van der Waals surface area (Å²) in [4.78, 5) is 23.8. The van der Waals surface area contributed by atoms with E-state index in [1.807, 2.05) is 0 Å². The van der Waals surface area contributed by atoms with Crippen LogP contribution in [0.3, 0.4) is 0 Å². The van der Waals surface area contributed by atoms with Crippen molar-refractivity contribution in [3.05, 3.63) is 12.7 Å². The van der Waals surface area contributed by atoms with E-state index in [9.17, 15) is 9.59 Å². The van der Waals surface area contributed by atoms with Gasteiger partial charge in [0.15, 0.2) is 0 Å². The van der Waals surface area contributed by atoms with Crippen molar-refractivity contribution in [3.8, 4) is 0 Å². The molecule has 1 saturated heterocycles. The summed E-state index contributed by atoms with van der Waals surface area (Å²) in [6, 6.07) is 0.207. The van der Waals surface area contributed by atoms with E-state index in [0.29, 0.717) is 18.4 Å². The first kappa shape index (κ1) is 23.9. The van der Waals surface area contributed by atoms with Crippen LogP contribution >= 0.6 is 11.6 Å². The first-order valence-corrected chi connectivity index (χ1v) is 12.2. The van der Waals surface area contributed by atoms with Crippen LogP contribution < -0.4 is 32.3 Å². The number of methoxy groups -OCH3 is 1. The second-order valence-electron chi connectivity index (χ2n) is 9.73. The summed E-state index contributed by atoms with van der Waals surface area (Å²) in [5, 5.41) is 17.0. The summed E-state index contributed by atoms with van der Waals surface area (Å²) in [5.74, 6) is 0.401. The molecule has 180 valence electrons. The standard InChI is InChI=1S/C22H37ClN6O3/c1-3-17(30)26-13-6-7-16(32-2)15(9-13)27-22-25-10-14(23)21(29-22)28-19-12-5-4-11(8-12)18(19)20(24)31/h3,11-16,18-19,21-22,25,27-29H,1,4-10H2,2H3,(H2,24,31)(H,26,30)/t11-,12+,13?,14?,15?,16?,18+,19-,21?,22?/m0/s1. The normalized spacial score (nSPS) is 43.7. The molecule has 0 aromatic heterocycles. The van der Waals surface area contributed by atoms with Crippen LogP contribution in [-0.2, 0) is 14.3 Å². The number of halogens is 1. The number of primary amides is 1. The van der Waals surface area contributed by atoms with Crippen molar-refractivity contribution in [3.63, 3.8) is 0 Å². The van der Waals surface area contributed by atoms with Gasteiger partial charge in [-0.25, -0.2) is 0 Å². The van der Waals surface area contributed by atoms with Gasteiger partial charge in [-0.2, -0.15) is 0 Å². The number of hydrogen-bond acceptors (Lipinski definition) is 7. The van der Waals surface area contributed by atoms with E-state index in [0.717, 1.165) is 38.5 Å². The topological polar surface area (TPSA) is 130 Å². The quantitative estimate of drug-likeness (QED) is 0.213. The average molecular weight is 469 g/mol. The van der Waals surface area contributed by atoms with Crippen molar-refractivity contribution in [2.45, 2.75) is 80.6 Å². The Hall–Kier alpha value is -1.23. The first-order chi connectivity index (χ1) is 15.4. The molecular formula is C22H37ClN6O3. The van der Waals surface area contributed by atoms with Gasteiger partial charge in [0.25, 0.3) is 0 Å². The smallest absolute Gasteiger partial charge is 0.243 e. The third kappa shape index (κ3) is 5.13. The number of hydrogen-bond donors (Lipinski definition) is 6. The van der Waals surface area contributed by atoms with Gasteiger partial charge in [-0.15, -0.1) is 11.6 Å². The van der Waals surface area contributed by atoms with Gasteiger partial charge >= 0.3 is 0 Å². The van der Waals surface area contributed by atoms with Crippen molar-refractivity contribution in [1.82, 2.24) is 26.6 Å². The minimum atomic E-state index is -0.206. The molecule has 9 nitrogen and oxygen atoms in total. The van der Waals surface area contributed by atoms with Crippen molar-refractivity contribution < 1.29 is 14.3 Å².